The van der Waals surface area contributed by atoms with Crippen LogP contribution in [0.15, 0.2) is 36.4 Å². The number of benzene rings is 2. The largest absolute Gasteiger partial charge is 0.381 e. The maximum atomic E-state index is 12.9. The first-order chi connectivity index (χ1) is 16.9. The molecule has 1 fully saturated rings. The van der Waals surface area contributed by atoms with Crippen LogP contribution in [0.25, 0.3) is 0 Å². The quantitative estimate of drug-likeness (QED) is 0.547. The Hall–Kier alpha value is -3.72. The molecule has 1 unspecified atom stereocenters. The molecule has 0 bridgehead atoms. The van der Waals surface area contributed by atoms with E-state index >= 15 is 0 Å². The van der Waals surface area contributed by atoms with Crippen molar-refractivity contribution in [2.24, 2.45) is 0 Å². The molecule has 1 atom stereocenters. The molecule has 2 aromatic rings. The number of imide groups is 1. The third-order valence-electron chi connectivity index (χ3n) is 6.92. The molecule has 3 aliphatic rings. The number of hydrogen-bond donors (Lipinski definition) is 3. The smallest absolute Gasteiger partial charge is 0.255 e. The first-order valence-corrected chi connectivity index (χ1v) is 12.0. The Balaban J connectivity index is 1.28. The number of likely N-dealkylation sites (N-methyl/N-ethyl adjacent to an activating group) is 1. The average Bonchev–Trinajstić information content (AvgIpc) is 3.17. The fraction of sp³-hybridized carbons (Fsp3) is 0.385. The van der Waals surface area contributed by atoms with Crippen LogP contribution >= 0.6 is 0 Å². The van der Waals surface area contributed by atoms with Gasteiger partial charge in [-0.2, -0.15) is 0 Å². The number of carbonyl (C=O) groups is 4. The van der Waals surface area contributed by atoms with E-state index in [9.17, 15) is 19.2 Å². The molecule has 9 nitrogen and oxygen atoms in total. The first kappa shape index (κ1) is 23.0. The summed E-state index contributed by atoms with van der Waals surface area (Å²) in [6.07, 6.45) is 2.51. The lowest BCUT2D eigenvalue weighted by Crippen LogP contribution is -2.52. The van der Waals surface area contributed by atoms with Gasteiger partial charge in [0.05, 0.1) is 6.54 Å². The van der Waals surface area contributed by atoms with Crippen LogP contribution in [0.2, 0.25) is 0 Å². The second kappa shape index (κ2) is 9.50. The minimum Gasteiger partial charge on any atom is -0.381 e. The van der Waals surface area contributed by atoms with E-state index in [1.165, 1.54) is 5.56 Å². The van der Waals surface area contributed by atoms with E-state index in [1.807, 2.05) is 35.2 Å². The number of aryl methyl sites for hydroxylation is 1. The number of rotatable bonds is 6. The Morgan fingerprint density at radius 3 is 2.74 bits per heavy atom. The summed E-state index contributed by atoms with van der Waals surface area (Å²) in [5, 5.41) is 8.71. The molecule has 0 radical (unpaired) electrons. The highest BCUT2D eigenvalue weighted by Gasteiger charge is 2.39. The van der Waals surface area contributed by atoms with Crippen molar-refractivity contribution in [3.05, 3.63) is 58.7 Å². The summed E-state index contributed by atoms with van der Waals surface area (Å²) in [6, 6.07) is 11.3. The molecule has 2 aromatic carbocycles. The molecule has 0 spiro atoms. The second-order valence-electron chi connectivity index (χ2n) is 9.27. The second-order valence-corrected chi connectivity index (χ2v) is 9.27. The van der Waals surface area contributed by atoms with E-state index < -0.39 is 11.9 Å². The molecular formula is C26H29N5O4. The van der Waals surface area contributed by atoms with E-state index in [-0.39, 0.29) is 24.1 Å². The minimum absolute atomic E-state index is 0.0643. The van der Waals surface area contributed by atoms with Gasteiger partial charge in [-0.05, 0) is 61.2 Å². The number of fused-ring (bicyclic) bond motifs is 2. The van der Waals surface area contributed by atoms with Gasteiger partial charge in [-0.3, -0.25) is 24.5 Å². The van der Waals surface area contributed by atoms with Gasteiger partial charge in [0.25, 0.3) is 5.91 Å². The zero-order chi connectivity index (χ0) is 24.5. The van der Waals surface area contributed by atoms with Gasteiger partial charge in [0.15, 0.2) is 0 Å². The van der Waals surface area contributed by atoms with Crippen LogP contribution in [0.5, 0.6) is 0 Å². The molecule has 5 rings (SSSR count). The van der Waals surface area contributed by atoms with Crippen LogP contribution in [0.3, 0.4) is 0 Å². The molecule has 35 heavy (non-hydrogen) atoms. The Labute approximate surface area is 203 Å². The van der Waals surface area contributed by atoms with Crippen molar-refractivity contribution in [3.63, 3.8) is 0 Å². The maximum absolute atomic E-state index is 12.9. The molecule has 3 N–H and O–H groups in total. The number of nitrogens with one attached hydrogen (secondary N) is 3. The number of nitrogens with zero attached hydrogens (tertiary/aromatic N) is 2. The van der Waals surface area contributed by atoms with Gasteiger partial charge in [0.2, 0.25) is 17.7 Å². The molecular weight excluding hydrogens is 446 g/mol. The molecule has 9 heteroatoms. The molecule has 4 amide bonds. The van der Waals surface area contributed by atoms with E-state index in [0.717, 1.165) is 41.9 Å². The topological polar surface area (TPSA) is 111 Å². The van der Waals surface area contributed by atoms with Crippen molar-refractivity contribution >= 4 is 35.0 Å². The van der Waals surface area contributed by atoms with E-state index in [4.69, 9.17) is 0 Å². The highest BCUT2D eigenvalue weighted by Crippen LogP contribution is 2.31. The van der Waals surface area contributed by atoms with Crippen LogP contribution in [0.1, 0.15) is 46.3 Å². The lowest BCUT2D eigenvalue weighted by molar-refractivity contribution is -0.137. The molecule has 3 aliphatic heterocycles. The number of piperidine rings is 1. The normalized spacial score (nSPS) is 19.3. The predicted molar refractivity (Wildman–Crippen MR) is 131 cm³/mol. The van der Waals surface area contributed by atoms with E-state index in [1.54, 1.807) is 11.9 Å². The number of hydrogen-bond acceptors (Lipinski definition) is 6. The molecule has 1 saturated heterocycles. The van der Waals surface area contributed by atoms with Crippen molar-refractivity contribution in [3.8, 4) is 0 Å². The summed E-state index contributed by atoms with van der Waals surface area (Å²) < 4.78 is 0. The highest BCUT2D eigenvalue weighted by atomic mass is 16.2. The highest BCUT2D eigenvalue weighted by molar-refractivity contribution is 6.05. The van der Waals surface area contributed by atoms with Crippen LogP contribution in [0, 0.1) is 0 Å². The number of amides is 4. The Bertz CT molecular complexity index is 1210. The van der Waals surface area contributed by atoms with E-state index in [0.29, 0.717) is 31.6 Å². The summed E-state index contributed by atoms with van der Waals surface area (Å²) in [7, 11) is 1.77. The van der Waals surface area contributed by atoms with Gasteiger partial charge >= 0.3 is 0 Å². The third-order valence-corrected chi connectivity index (χ3v) is 6.92. The molecule has 0 saturated carbocycles. The summed E-state index contributed by atoms with van der Waals surface area (Å²) in [6.45, 7) is 1.94. The standard InChI is InChI=1S/C26H29N5O4/c1-27-14-24(33)30-10-2-3-17-5-6-19(12-22(17)30)28-13-16-4-7-20-18(11-16)15-31(26(20)35)21-8-9-23(32)29-25(21)34/h4-7,11-12,21,27-28H,2-3,8-10,13-15H2,1H3,(H,29,32,34). The van der Waals surface area contributed by atoms with Crippen LogP contribution in [-0.4, -0.2) is 54.7 Å². The van der Waals surface area contributed by atoms with Gasteiger partial charge in [-0.15, -0.1) is 0 Å². The van der Waals surface area contributed by atoms with Crippen LogP contribution in [0.4, 0.5) is 11.4 Å². The molecule has 182 valence electrons. The van der Waals surface area contributed by atoms with Gasteiger partial charge < -0.3 is 20.4 Å². The van der Waals surface area contributed by atoms with Gasteiger partial charge in [-0.1, -0.05) is 18.2 Å². The Morgan fingerprint density at radius 2 is 1.94 bits per heavy atom. The molecule has 0 aromatic heterocycles. The number of anilines is 2. The summed E-state index contributed by atoms with van der Waals surface area (Å²) >= 11 is 0. The Morgan fingerprint density at radius 1 is 1.09 bits per heavy atom. The van der Waals surface area contributed by atoms with Crippen LogP contribution < -0.4 is 20.9 Å². The average molecular weight is 476 g/mol. The van der Waals surface area contributed by atoms with Crippen molar-refractivity contribution in [2.45, 2.75) is 44.8 Å². The molecule has 0 aliphatic carbocycles. The van der Waals surface area contributed by atoms with Crippen LogP contribution in [-0.2, 0) is 33.9 Å². The summed E-state index contributed by atoms with van der Waals surface area (Å²) in [5.41, 5.74) is 5.56. The summed E-state index contributed by atoms with van der Waals surface area (Å²) in [4.78, 5) is 52.6. The van der Waals surface area contributed by atoms with Crippen molar-refractivity contribution < 1.29 is 19.2 Å². The maximum Gasteiger partial charge on any atom is 0.255 e. The summed E-state index contributed by atoms with van der Waals surface area (Å²) in [5.74, 6) is -0.802. The fourth-order valence-corrected chi connectivity index (χ4v) is 5.13. The SMILES string of the molecule is CNCC(=O)N1CCCc2ccc(NCc3ccc4c(c3)CN(C3CCC(=O)NC3=O)C4=O)cc21. The lowest BCUT2D eigenvalue weighted by atomic mass is 10.0. The van der Waals surface area contributed by atoms with Crippen molar-refractivity contribution in [1.29, 1.82) is 0 Å². The van der Waals surface area contributed by atoms with Gasteiger partial charge in [0.1, 0.15) is 6.04 Å². The lowest BCUT2D eigenvalue weighted by Gasteiger charge is -2.30. The van der Waals surface area contributed by atoms with E-state index in [2.05, 4.69) is 22.0 Å². The van der Waals surface area contributed by atoms with Crippen molar-refractivity contribution in [1.82, 2.24) is 15.5 Å². The zero-order valence-corrected chi connectivity index (χ0v) is 19.7. The Kier molecular flexibility index (Phi) is 6.25. The minimum atomic E-state index is -0.613. The first-order valence-electron chi connectivity index (χ1n) is 12.0. The third kappa shape index (κ3) is 4.51. The fourth-order valence-electron chi connectivity index (χ4n) is 5.13. The van der Waals surface area contributed by atoms with Gasteiger partial charge in [0, 0.05) is 43.0 Å². The predicted octanol–water partition coefficient (Wildman–Crippen LogP) is 1.56. The monoisotopic (exact) mass is 475 g/mol. The zero-order valence-electron chi connectivity index (χ0n) is 19.7. The molecule has 3 heterocycles. The number of carbonyl (C=O) groups excluding carboxylic acids is 4. The van der Waals surface area contributed by atoms with Crippen molar-refractivity contribution in [2.75, 3.05) is 30.4 Å². The van der Waals surface area contributed by atoms with Gasteiger partial charge in [-0.25, -0.2) is 0 Å².